The topological polar surface area (TPSA) is 68.5 Å². The summed E-state index contributed by atoms with van der Waals surface area (Å²) in [5.41, 5.74) is 0.440. The van der Waals surface area contributed by atoms with Crippen LogP contribution in [0.15, 0.2) is 47.1 Å². The largest absolute Gasteiger partial charge is 0.474 e. The number of alkyl halides is 3. The number of carbonyl (C=O) groups is 1. The van der Waals surface area contributed by atoms with Gasteiger partial charge in [0.15, 0.2) is 5.58 Å². The summed E-state index contributed by atoms with van der Waals surface area (Å²) in [6.45, 7) is 1.000. The molecule has 29 heavy (non-hydrogen) atoms. The number of piperidine rings is 1. The minimum Gasteiger partial charge on any atom is -0.474 e. The van der Waals surface area contributed by atoms with Gasteiger partial charge in [-0.1, -0.05) is 17.3 Å². The zero-order valence-electron chi connectivity index (χ0n) is 15.4. The van der Waals surface area contributed by atoms with Gasteiger partial charge in [0.05, 0.1) is 12.0 Å². The van der Waals surface area contributed by atoms with Crippen molar-refractivity contribution < 1.29 is 27.2 Å². The Morgan fingerprint density at radius 1 is 1.17 bits per heavy atom. The number of nitrogens with zero attached hydrogens (tertiary/aromatic N) is 3. The van der Waals surface area contributed by atoms with Crippen LogP contribution in [0.4, 0.5) is 13.2 Å². The number of hydrogen-bond donors (Lipinski definition) is 0. The molecule has 4 rings (SSSR count). The predicted octanol–water partition coefficient (Wildman–Crippen LogP) is 3.85. The molecule has 0 saturated carbocycles. The van der Waals surface area contributed by atoms with Crippen LogP contribution in [0.5, 0.6) is 5.88 Å². The van der Waals surface area contributed by atoms with Crippen molar-refractivity contribution in [3.8, 4) is 5.88 Å². The van der Waals surface area contributed by atoms with Crippen LogP contribution >= 0.6 is 0 Å². The fourth-order valence-corrected chi connectivity index (χ4v) is 3.33. The number of ether oxygens (including phenoxy) is 1. The lowest BCUT2D eigenvalue weighted by Gasteiger charge is -2.31. The summed E-state index contributed by atoms with van der Waals surface area (Å²) in [6, 6.07) is 9.54. The number of rotatable bonds is 4. The number of aromatic nitrogens is 2. The highest BCUT2D eigenvalue weighted by Gasteiger charge is 2.31. The first-order valence-electron chi connectivity index (χ1n) is 9.21. The van der Waals surface area contributed by atoms with E-state index in [0.29, 0.717) is 37.2 Å². The van der Waals surface area contributed by atoms with Crippen LogP contribution in [0, 0.1) is 0 Å². The van der Waals surface area contributed by atoms with Crippen molar-refractivity contribution in [3.05, 3.63) is 53.9 Å². The summed E-state index contributed by atoms with van der Waals surface area (Å²) < 4.78 is 48.7. The second-order valence-corrected chi connectivity index (χ2v) is 6.88. The molecule has 1 aliphatic rings. The summed E-state index contributed by atoms with van der Waals surface area (Å²) in [4.78, 5) is 18.1. The molecule has 3 heterocycles. The third-order valence-corrected chi connectivity index (χ3v) is 4.92. The lowest BCUT2D eigenvalue weighted by atomic mass is 10.1. The molecule has 0 N–H and O–H groups in total. The van der Waals surface area contributed by atoms with Crippen molar-refractivity contribution in [1.82, 2.24) is 15.0 Å². The third-order valence-electron chi connectivity index (χ3n) is 4.92. The molecule has 1 aliphatic heterocycles. The number of fused-ring (bicyclic) bond motifs is 1. The van der Waals surface area contributed by atoms with E-state index < -0.39 is 11.7 Å². The molecule has 1 saturated heterocycles. The summed E-state index contributed by atoms with van der Waals surface area (Å²) in [5.74, 6) is 0.104. The highest BCUT2D eigenvalue weighted by Crippen LogP contribution is 2.29. The number of hydrogen-bond acceptors (Lipinski definition) is 5. The van der Waals surface area contributed by atoms with Gasteiger partial charge in [-0.05, 0) is 18.2 Å². The molecule has 1 aromatic carbocycles. The molecule has 1 amide bonds. The van der Waals surface area contributed by atoms with Crippen molar-refractivity contribution >= 4 is 16.9 Å². The molecule has 0 spiro atoms. The van der Waals surface area contributed by atoms with Gasteiger partial charge < -0.3 is 14.2 Å². The highest BCUT2D eigenvalue weighted by molar-refractivity contribution is 5.86. The van der Waals surface area contributed by atoms with Gasteiger partial charge in [-0.3, -0.25) is 4.79 Å². The molecular formula is C20H18F3N3O3. The molecule has 2 aromatic heterocycles. The fourth-order valence-electron chi connectivity index (χ4n) is 3.33. The van der Waals surface area contributed by atoms with Crippen molar-refractivity contribution in [2.24, 2.45) is 0 Å². The third kappa shape index (κ3) is 4.33. The van der Waals surface area contributed by atoms with Gasteiger partial charge in [-0.15, -0.1) is 0 Å². The van der Waals surface area contributed by atoms with E-state index in [-0.39, 0.29) is 24.3 Å². The minimum absolute atomic E-state index is 0.0461. The summed E-state index contributed by atoms with van der Waals surface area (Å²) in [7, 11) is 0. The monoisotopic (exact) mass is 405 g/mol. The number of benzene rings is 1. The van der Waals surface area contributed by atoms with Crippen LogP contribution in [0.3, 0.4) is 0 Å². The van der Waals surface area contributed by atoms with Gasteiger partial charge in [0.25, 0.3) is 0 Å². The van der Waals surface area contributed by atoms with Crippen LogP contribution in [0.25, 0.3) is 11.0 Å². The Morgan fingerprint density at radius 3 is 2.62 bits per heavy atom. The van der Waals surface area contributed by atoms with Crippen molar-refractivity contribution in [1.29, 1.82) is 0 Å². The predicted molar refractivity (Wildman–Crippen MR) is 97.2 cm³/mol. The molecule has 1 fully saturated rings. The van der Waals surface area contributed by atoms with Gasteiger partial charge >= 0.3 is 6.18 Å². The second-order valence-electron chi connectivity index (χ2n) is 6.88. The first-order chi connectivity index (χ1) is 13.9. The van der Waals surface area contributed by atoms with E-state index in [9.17, 15) is 18.0 Å². The van der Waals surface area contributed by atoms with Crippen LogP contribution < -0.4 is 4.74 Å². The molecule has 152 valence electrons. The summed E-state index contributed by atoms with van der Waals surface area (Å²) in [5, 5.41) is 4.82. The highest BCUT2D eigenvalue weighted by atomic mass is 19.4. The van der Waals surface area contributed by atoms with Crippen molar-refractivity contribution in [3.63, 3.8) is 0 Å². The SMILES string of the molecule is O=C(Cc1noc2ccccc12)N1CCC(Oc2ccc(C(F)(F)F)cn2)CC1. The van der Waals surface area contributed by atoms with E-state index in [1.54, 1.807) is 11.0 Å². The van der Waals surface area contributed by atoms with E-state index in [1.165, 1.54) is 6.07 Å². The zero-order chi connectivity index (χ0) is 20.4. The number of amides is 1. The average Bonchev–Trinajstić information content (AvgIpc) is 3.11. The Balaban J connectivity index is 1.30. The van der Waals surface area contributed by atoms with Gasteiger partial charge in [-0.2, -0.15) is 13.2 Å². The van der Waals surface area contributed by atoms with Gasteiger partial charge in [0, 0.05) is 43.6 Å². The standard InChI is InChI=1S/C20H18F3N3O3/c21-20(22,23)13-5-6-18(24-12-13)28-14-7-9-26(10-8-14)19(27)11-16-15-3-1-2-4-17(15)29-25-16/h1-6,12,14H,7-11H2. The lowest BCUT2D eigenvalue weighted by Crippen LogP contribution is -2.42. The van der Waals surface area contributed by atoms with Gasteiger partial charge in [-0.25, -0.2) is 4.98 Å². The molecule has 0 unspecified atom stereocenters. The fraction of sp³-hybridized carbons (Fsp3) is 0.350. The van der Waals surface area contributed by atoms with Crippen molar-refractivity contribution in [2.75, 3.05) is 13.1 Å². The number of likely N-dealkylation sites (tertiary alicyclic amines) is 1. The Kier molecular flexibility index (Phi) is 5.12. The summed E-state index contributed by atoms with van der Waals surface area (Å²) >= 11 is 0. The molecule has 6 nitrogen and oxygen atoms in total. The minimum atomic E-state index is -4.42. The normalized spacial score (nSPS) is 15.6. The smallest absolute Gasteiger partial charge is 0.417 e. The number of carbonyl (C=O) groups excluding carboxylic acids is 1. The van der Waals surface area contributed by atoms with E-state index in [1.807, 2.05) is 18.2 Å². The zero-order valence-corrected chi connectivity index (χ0v) is 15.4. The summed E-state index contributed by atoms with van der Waals surface area (Å²) in [6.07, 6.45) is -2.55. The molecule has 0 atom stereocenters. The Morgan fingerprint density at radius 2 is 1.93 bits per heavy atom. The molecule has 0 radical (unpaired) electrons. The van der Waals surface area contributed by atoms with E-state index in [0.717, 1.165) is 17.6 Å². The molecule has 3 aromatic rings. The Hall–Kier alpha value is -3.10. The number of pyridine rings is 1. The van der Waals surface area contributed by atoms with Crippen LogP contribution in [0.1, 0.15) is 24.1 Å². The average molecular weight is 405 g/mol. The maximum Gasteiger partial charge on any atom is 0.417 e. The Bertz CT molecular complexity index is 993. The van der Waals surface area contributed by atoms with Crippen molar-refractivity contribution in [2.45, 2.75) is 31.5 Å². The molecule has 0 aliphatic carbocycles. The van der Waals surface area contributed by atoms with E-state index in [2.05, 4.69) is 10.1 Å². The number of para-hydroxylation sites is 1. The molecule has 9 heteroatoms. The quantitative estimate of drug-likeness (QED) is 0.660. The first-order valence-corrected chi connectivity index (χ1v) is 9.21. The lowest BCUT2D eigenvalue weighted by molar-refractivity contribution is -0.137. The van der Waals surface area contributed by atoms with Crippen LogP contribution in [0.2, 0.25) is 0 Å². The number of halogens is 3. The van der Waals surface area contributed by atoms with Gasteiger partial charge in [0.1, 0.15) is 11.8 Å². The van der Waals surface area contributed by atoms with Gasteiger partial charge in [0.2, 0.25) is 11.8 Å². The second kappa shape index (κ2) is 7.73. The molecular weight excluding hydrogens is 387 g/mol. The Labute approximate surface area is 164 Å². The van der Waals surface area contributed by atoms with E-state index in [4.69, 9.17) is 9.26 Å². The van der Waals surface area contributed by atoms with Crippen LogP contribution in [-0.4, -0.2) is 40.1 Å². The maximum atomic E-state index is 12.6. The first kappa shape index (κ1) is 19.2. The van der Waals surface area contributed by atoms with E-state index >= 15 is 0 Å². The molecule has 0 bridgehead atoms. The van der Waals surface area contributed by atoms with Crippen LogP contribution in [-0.2, 0) is 17.4 Å². The maximum absolute atomic E-state index is 12.6.